The Labute approximate surface area is 72.3 Å². The van der Waals surface area contributed by atoms with Gasteiger partial charge < -0.3 is 0 Å². The molecule has 0 aromatic rings. The summed E-state index contributed by atoms with van der Waals surface area (Å²) in [5, 5.41) is 0. The van der Waals surface area contributed by atoms with E-state index in [-0.39, 0.29) is 0 Å². The first-order valence-electron chi connectivity index (χ1n) is 4.41. The average molecular weight is 154 g/mol. The Balaban J connectivity index is 2.16. The van der Waals surface area contributed by atoms with E-state index in [0.29, 0.717) is 5.92 Å². The molecule has 3 aliphatic rings. The van der Waals surface area contributed by atoms with Gasteiger partial charge in [-0.1, -0.05) is 42.5 Å². The van der Waals surface area contributed by atoms with Crippen LogP contribution in [0.5, 0.6) is 0 Å². The SMILES string of the molecule is C1=CC2C(=C1)C=CC1=C2C=CC1. The van der Waals surface area contributed by atoms with E-state index in [4.69, 9.17) is 0 Å². The van der Waals surface area contributed by atoms with E-state index in [1.165, 1.54) is 16.7 Å². The lowest BCUT2D eigenvalue weighted by Crippen LogP contribution is -2.03. The van der Waals surface area contributed by atoms with Crippen molar-refractivity contribution in [3.63, 3.8) is 0 Å². The third-order valence-corrected chi connectivity index (χ3v) is 2.77. The first-order chi connectivity index (χ1) is 5.95. The maximum atomic E-state index is 2.28. The summed E-state index contributed by atoms with van der Waals surface area (Å²) in [5.74, 6) is 0.573. The Hall–Kier alpha value is -1.30. The molecule has 0 heteroatoms. The van der Waals surface area contributed by atoms with Crippen LogP contribution in [0.2, 0.25) is 0 Å². The van der Waals surface area contributed by atoms with Crippen LogP contribution in [0.25, 0.3) is 0 Å². The van der Waals surface area contributed by atoms with E-state index in [9.17, 15) is 0 Å². The van der Waals surface area contributed by atoms with Gasteiger partial charge in [0.25, 0.3) is 0 Å². The van der Waals surface area contributed by atoms with Crippen molar-refractivity contribution in [1.29, 1.82) is 0 Å². The summed E-state index contributed by atoms with van der Waals surface area (Å²) in [7, 11) is 0. The van der Waals surface area contributed by atoms with Gasteiger partial charge in [0.05, 0.1) is 0 Å². The fourth-order valence-corrected chi connectivity index (χ4v) is 2.14. The van der Waals surface area contributed by atoms with Crippen LogP contribution in [0, 0.1) is 5.92 Å². The summed E-state index contributed by atoms with van der Waals surface area (Å²) in [6, 6.07) is 0. The van der Waals surface area contributed by atoms with Gasteiger partial charge in [0.1, 0.15) is 0 Å². The van der Waals surface area contributed by atoms with E-state index in [2.05, 4.69) is 42.5 Å². The molecule has 1 atom stereocenters. The van der Waals surface area contributed by atoms with Crippen molar-refractivity contribution in [1.82, 2.24) is 0 Å². The van der Waals surface area contributed by atoms with E-state index >= 15 is 0 Å². The number of rotatable bonds is 0. The van der Waals surface area contributed by atoms with Gasteiger partial charge in [-0.15, -0.1) is 0 Å². The Bertz CT molecular complexity index is 373. The minimum absolute atomic E-state index is 0.573. The van der Waals surface area contributed by atoms with Gasteiger partial charge in [0.2, 0.25) is 0 Å². The molecule has 1 unspecified atom stereocenters. The third-order valence-electron chi connectivity index (χ3n) is 2.77. The van der Waals surface area contributed by atoms with Crippen molar-refractivity contribution in [3.8, 4) is 0 Å². The summed E-state index contributed by atoms with van der Waals surface area (Å²) >= 11 is 0. The molecule has 0 bridgehead atoms. The zero-order chi connectivity index (χ0) is 7.97. The third kappa shape index (κ3) is 0.672. The minimum Gasteiger partial charge on any atom is -0.0798 e. The standard InChI is InChI=1S/C12H10/c1-3-9-7-8-10-4-2-6-12(10)11(9)5-1/h1-3,5-8,11H,4H2. The van der Waals surface area contributed by atoms with Gasteiger partial charge in [0.15, 0.2) is 0 Å². The van der Waals surface area contributed by atoms with Crippen LogP contribution in [0.15, 0.2) is 59.3 Å². The molecule has 0 amide bonds. The van der Waals surface area contributed by atoms with Gasteiger partial charge >= 0.3 is 0 Å². The van der Waals surface area contributed by atoms with E-state index in [1.54, 1.807) is 0 Å². The molecule has 0 nitrogen and oxygen atoms in total. The zero-order valence-electron chi connectivity index (χ0n) is 6.83. The fraction of sp³-hybridized carbons (Fsp3) is 0.167. The number of allylic oxidation sites excluding steroid dienone is 10. The highest BCUT2D eigenvalue weighted by Gasteiger charge is 2.23. The Kier molecular flexibility index (Phi) is 1.09. The van der Waals surface area contributed by atoms with E-state index in [1.807, 2.05) is 0 Å². The number of hydrogen-bond donors (Lipinski definition) is 0. The molecule has 0 aromatic carbocycles. The number of hydrogen-bond acceptors (Lipinski definition) is 0. The highest BCUT2D eigenvalue weighted by Crippen LogP contribution is 2.38. The van der Waals surface area contributed by atoms with Gasteiger partial charge in [-0.3, -0.25) is 0 Å². The molecule has 58 valence electrons. The summed E-state index contributed by atoms with van der Waals surface area (Å²) in [5.41, 5.74) is 4.46. The molecule has 12 heavy (non-hydrogen) atoms. The first-order valence-corrected chi connectivity index (χ1v) is 4.41. The molecule has 3 aliphatic carbocycles. The van der Waals surface area contributed by atoms with Crippen molar-refractivity contribution in [3.05, 3.63) is 59.3 Å². The molecular weight excluding hydrogens is 144 g/mol. The molecule has 0 saturated carbocycles. The maximum Gasteiger partial charge on any atom is 0.0275 e. The van der Waals surface area contributed by atoms with Gasteiger partial charge in [-0.25, -0.2) is 0 Å². The molecule has 0 spiro atoms. The predicted molar refractivity (Wildman–Crippen MR) is 50.6 cm³/mol. The Morgan fingerprint density at radius 3 is 3.17 bits per heavy atom. The van der Waals surface area contributed by atoms with Gasteiger partial charge in [-0.2, -0.15) is 0 Å². The van der Waals surface area contributed by atoms with Gasteiger partial charge in [0, 0.05) is 5.92 Å². The summed E-state index contributed by atoms with van der Waals surface area (Å²) in [6.45, 7) is 0. The second-order valence-corrected chi connectivity index (χ2v) is 3.45. The Morgan fingerprint density at radius 1 is 1.17 bits per heavy atom. The van der Waals surface area contributed by atoms with E-state index < -0.39 is 0 Å². The lowest BCUT2D eigenvalue weighted by molar-refractivity contribution is 0.947. The summed E-state index contributed by atoms with van der Waals surface area (Å²) in [6.07, 6.45) is 16.8. The van der Waals surface area contributed by atoms with Gasteiger partial charge in [-0.05, 0) is 23.1 Å². The summed E-state index contributed by atoms with van der Waals surface area (Å²) < 4.78 is 0. The molecule has 0 saturated heterocycles. The van der Waals surface area contributed by atoms with E-state index in [0.717, 1.165) is 6.42 Å². The second kappa shape index (κ2) is 2.10. The highest BCUT2D eigenvalue weighted by molar-refractivity contribution is 5.56. The molecule has 3 rings (SSSR count). The number of fused-ring (bicyclic) bond motifs is 2. The van der Waals surface area contributed by atoms with Crippen LogP contribution in [-0.2, 0) is 0 Å². The van der Waals surface area contributed by atoms with Crippen molar-refractivity contribution < 1.29 is 0 Å². The largest absolute Gasteiger partial charge is 0.0798 e. The lowest BCUT2D eigenvalue weighted by Gasteiger charge is -2.17. The highest BCUT2D eigenvalue weighted by atomic mass is 14.3. The van der Waals surface area contributed by atoms with Crippen molar-refractivity contribution in [2.45, 2.75) is 6.42 Å². The zero-order valence-corrected chi connectivity index (χ0v) is 6.83. The van der Waals surface area contributed by atoms with Crippen LogP contribution >= 0.6 is 0 Å². The fourth-order valence-electron chi connectivity index (χ4n) is 2.14. The Morgan fingerprint density at radius 2 is 2.17 bits per heavy atom. The normalized spacial score (nSPS) is 29.3. The summed E-state index contributed by atoms with van der Waals surface area (Å²) in [4.78, 5) is 0. The van der Waals surface area contributed by atoms with Crippen LogP contribution in [0.1, 0.15) is 6.42 Å². The molecule has 0 heterocycles. The first kappa shape index (κ1) is 6.24. The van der Waals surface area contributed by atoms with Crippen molar-refractivity contribution >= 4 is 0 Å². The minimum atomic E-state index is 0.573. The van der Waals surface area contributed by atoms with Crippen LogP contribution in [0.3, 0.4) is 0 Å². The van der Waals surface area contributed by atoms with Crippen molar-refractivity contribution in [2.75, 3.05) is 0 Å². The molecule has 0 N–H and O–H groups in total. The quantitative estimate of drug-likeness (QED) is 0.503. The lowest BCUT2D eigenvalue weighted by atomic mass is 9.87. The molecule has 0 aromatic heterocycles. The average Bonchev–Trinajstić information content (AvgIpc) is 2.71. The molecule has 0 radical (unpaired) electrons. The monoisotopic (exact) mass is 154 g/mol. The molecule has 0 aliphatic heterocycles. The predicted octanol–water partition coefficient (Wildman–Crippen LogP) is 2.93. The molecule has 0 fully saturated rings. The van der Waals surface area contributed by atoms with Crippen LogP contribution < -0.4 is 0 Å². The molecular formula is C12H10. The topological polar surface area (TPSA) is 0 Å². The maximum absolute atomic E-state index is 2.28. The van der Waals surface area contributed by atoms with Crippen LogP contribution in [0.4, 0.5) is 0 Å². The smallest absolute Gasteiger partial charge is 0.0275 e. The van der Waals surface area contributed by atoms with Crippen molar-refractivity contribution in [2.24, 2.45) is 5.92 Å². The van der Waals surface area contributed by atoms with Crippen LogP contribution in [-0.4, -0.2) is 0 Å². The second-order valence-electron chi connectivity index (χ2n) is 3.45.